The Balaban J connectivity index is 1.30. The van der Waals surface area contributed by atoms with Gasteiger partial charge >= 0.3 is 0 Å². The molecule has 1 nitrogen and oxygen atoms in total. The number of hydrogen-bond donors (Lipinski definition) is 0. The molecule has 8 aromatic carbocycles. The zero-order valence-electron chi connectivity index (χ0n) is 25.1. The summed E-state index contributed by atoms with van der Waals surface area (Å²) in [7, 11) is 0. The molecule has 9 aromatic rings. The summed E-state index contributed by atoms with van der Waals surface area (Å²) in [4.78, 5) is 2.46. The first-order valence-corrected chi connectivity index (χ1v) is 16.5. The molecule has 0 aliphatic heterocycles. The van der Waals surface area contributed by atoms with E-state index < -0.39 is 0 Å². The largest absolute Gasteiger partial charge is 0.308 e. The molecule has 2 heteroatoms. The minimum atomic E-state index is 1.13. The highest BCUT2D eigenvalue weighted by Crippen LogP contribution is 2.48. The summed E-state index contributed by atoms with van der Waals surface area (Å²) in [5.74, 6) is 0. The van der Waals surface area contributed by atoms with E-state index in [1.165, 1.54) is 69.7 Å². The van der Waals surface area contributed by atoms with Crippen LogP contribution in [0.5, 0.6) is 0 Å². The fraction of sp³-hybridized carbons (Fsp3) is 0. The monoisotopic (exact) mass is 603 g/mol. The van der Waals surface area contributed by atoms with Crippen molar-refractivity contribution in [1.29, 1.82) is 0 Å². The van der Waals surface area contributed by atoms with Gasteiger partial charge in [0.25, 0.3) is 0 Å². The lowest BCUT2D eigenvalue weighted by Crippen LogP contribution is -2.11. The molecule has 0 unspecified atom stereocenters. The van der Waals surface area contributed by atoms with Gasteiger partial charge in [0.15, 0.2) is 0 Å². The third-order valence-electron chi connectivity index (χ3n) is 9.05. The van der Waals surface area contributed by atoms with Crippen LogP contribution in [0.25, 0.3) is 64.0 Å². The van der Waals surface area contributed by atoms with Gasteiger partial charge in [0.05, 0.1) is 16.1 Å². The average molecular weight is 604 g/mol. The van der Waals surface area contributed by atoms with E-state index in [0.717, 1.165) is 11.4 Å². The number of hydrogen-bond acceptors (Lipinski definition) is 2. The smallest absolute Gasteiger partial charge is 0.0640 e. The van der Waals surface area contributed by atoms with Crippen molar-refractivity contribution in [2.45, 2.75) is 0 Å². The first kappa shape index (κ1) is 26.7. The van der Waals surface area contributed by atoms with E-state index >= 15 is 0 Å². The molecular weight excluding hydrogens is 575 g/mol. The fourth-order valence-corrected chi connectivity index (χ4v) is 8.06. The van der Waals surface area contributed by atoms with E-state index in [0.29, 0.717) is 0 Å². The van der Waals surface area contributed by atoms with Crippen LogP contribution in [-0.2, 0) is 0 Å². The van der Waals surface area contributed by atoms with Crippen molar-refractivity contribution < 1.29 is 0 Å². The van der Waals surface area contributed by atoms with E-state index in [4.69, 9.17) is 0 Å². The van der Waals surface area contributed by atoms with Gasteiger partial charge in [-0.15, -0.1) is 11.3 Å². The van der Waals surface area contributed by atoms with Gasteiger partial charge in [-0.2, -0.15) is 0 Å². The normalized spacial score (nSPS) is 11.5. The zero-order chi connectivity index (χ0) is 30.5. The second-order valence-corrected chi connectivity index (χ2v) is 12.8. The Morgan fingerprint density at radius 1 is 0.391 bits per heavy atom. The third kappa shape index (κ3) is 4.46. The number of nitrogens with zero attached hydrogens (tertiary/aromatic N) is 1. The lowest BCUT2D eigenvalue weighted by atomic mass is 9.98. The average Bonchev–Trinajstić information content (AvgIpc) is 3.53. The molecule has 0 radical (unpaired) electrons. The first-order valence-electron chi connectivity index (χ1n) is 15.7. The summed E-state index contributed by atoms with van der Waals surface area (Å²) in [6, 6.07) is 63.9. The minimum absolute atomic E-state index is 1.13. The summed E-state index contributed by atoms with van der Waals surface area (Å²) < 4.78 is 2.60. The van der Waals surface area contributed by atoms with Crippen molar-refractivity contribution in [3.63, 3.8) is 0 Å². The molecule has 46 heavy (non-hydrogen) atoms. The molecule has 1 aromatic heterocycles. The first-order chi connectivity index (χ1) is 22.8. The maximum atomic E-state index is 2.46. The van der Waals surface area contributed by atoms with E-state index in [1.54, 1.807) is 0 Å². The number of rotatable bonds is 5. The molecular formula is C44H29NS. The standard InChI is InChI=1S/C44H29NS/c1-2-11-30(12-3-1)32-23-26-36(27-24-32)45(40-19-9-8-16-37(40)35-22-21-31-13-4-5-15-34(31)29-35)41-20-10-18-39-43-38-17-7-6-14-33(38)25-28-42(43)46-44(39)41/h1-29H. The maximum absolute atomic E-state index is 2.46. The van der Waals surface area contributed by atoms with Gasteiger partial charge < -0.3 is 4.90 Å². The summed E-state index contributed by atoms with van der Waals surface area (Å²) in [6.45, 7) is 0. The molecule has 0 saturated heterocycles. The molecule has 1 heterocycles. The molecule has 0 spiro atoms. The number of anilines is 3. The summed E-state index contributed by atoms with van der Waals surface area (Å²) in [5.41, 5.74) is 8.29. The highest BCUT2D eigenvalue weighted by Gasteiger charge is 2.21. The van der Waals surface area contributed by atoms with Gasteiger partial charge in [-0.05, 0) is 74.6 Å². The van der Waals surface area contributed by atoms with E-state index in [1.807, 2.05) is 11.3 Å². The molecule has 0 fully saturated rings. The Morgan fingerprint density at radius 2 is 1.02 bits per heavy atom. The van der Waals surface area contributed by atoms with Crippen LogP contribution >= 0.6 is 11.3 Å². The molecule has 0 N–H and O–H groups in total. The van der Waals surface area contributed by atoms with E-state index in [2.05, 4.69) is 181 Å². The van der Waals surface area contributed by atoms with Crippen molar-refractivity contribution in [3.8, 4) is 22.3 Å². The van der Waals surface area contributed by atoms with Crippen LogP contribution in [0, 0.1) is 0 Å². The SMILES string of the molecule is c1ccc(-c2ccc(N(c3ccccc3-c3ccc4ccccc4c3)c3cccc4c3sc3ccc5ccccc5c34)cc2)cc1. The summed E-state index contributed by atoms with van der Waals surface area (Å²) in [6.07, 6.45) is 0. The summed E-state index contributed by atoms with van der Waals surface area (Å²) in [5, 5.41) is 7.70. The van der Waals surface area contributed by atoms with Crippen LogP contribution in [-0.4, -0.2) is 0 Å². The Hall–Kier alpha value is -5.70. The van der Waals surface area contributed by atoms with Gasteiger partial charge in [-0.1, -0.05) is 140 Å². The Kier molecular flexibility index (Phi) is 6.40. The van der Waals surface area contributed by atoms with Gasteiger partial charge in [0, 0.05) is 26.7 Å². The molecule has 0 atom stereocenters. The lowest BCUT2D eigenvalue weighted by molar-refractivity contribution is 1.30. The van der Waals surface area contributed by atoms with Crippen LogP contribution in [0.4, 0.5) is 17.1 Å². The zero-order valence-corrected chi connectivity index (χ0v) is 25.9. The molecule has 0 amide bonds. The second-order valence-electron chi connectivity index (χ2n) is 11.7. The number of fused-ring (bicyclic) bond motifs is 6. The highest BCUT2D eigenvalue weighted by molar-refractivity contribution is 7.26. The topological polar surface area (TPSA) is 3.24 Å². The van der Waals surface area contributed by atoms with Crippen LogP contribution in [0.3, 0.4) is 0 Å². The fourth-order valence-electron chi connectivity index (χ4n) is 6.84. The Bertz CT molecular complexity index is 2530. The predicted octanol–water partition coefficient (Wildman–Crippen LogP) is 13.2. The highest BCUT2D eigenvalue weighted by atomic mass is 32.1. The number of thiophene rings is 1. The molecule has 0 saturated carbocycles. The van der Waals surface area contributed by atoms with Gasteiger partial charge in [0.2, 0.25) is 0 Å². The van der Waals surface area contributed by atoms with Crippen molar-refractivity contribution in [1.82, 2.24) is 0 Å². The van der Waals surface area contributed by atoms with E-state index in [-0.39, 0.29) is 0 Å². The van der Waals surface area contributed by atoms with E-state index in [9.17, 15) is 0 Å². The molecule has 0 bridgehead atoms. The third-order valence-corrected chi connectivity index (χ3v) is 10.2. The maximum Gasteiger partial charge on any atom is 0.0640 e. The van der Waals surface area contributed by atoms with Crippen LogP contribution in [0.1, 0.15) is 0 Å². The molecule has 0 aliphatic carbocycles. The molecule has 216 valence electrons. The number of benzene rings is 8. The Morgan fingerprint density at radius 3 is 1.89 bits per heavy atom. The number of para-hydroxylation sites is 1. The van der Waals surface area contributed by atoms with Gasteiger partial charge in [-0.25, -0.2) is 0 Å². The van der Waals surface area contributed by atoms with Crippen molar-refractivity contribution in [3.05, 3.63) is 176 Å². The van der Waals surface area contributed by atoms with Crippen LogP contribution in [0.2, 0.25) is 0 Å². The van der Waals surface area contributed by atoms with Crippen LogP contribution < -0.4 is 4.90 Å². The minimum Gasteiger partial charge on any atom is -0.308 e. The predicted molar refractivity (Wildman–Crippen MR) is 200 cm³/mol. The molecule has 9 rings (SSSR count). The van der Waals surface area contributed by atoms with Gasteiger partial charge in [0.1, 0.15) is 0 Å². The second kappa shape index (κ2) is 11.0. The van der Waals surface area contributed by atoms with Crippen LogP contribution in [0.15, 0.2) is 176 Å². The van der Waals surface area contributed by atoms with Crippen molar-refractivity contribution >= 4 is 70.1 Å². The lowest BCUT2D eigenvalue weighted by Gasteiger charge is -2.28. The molecule has 0 aliphatic rings. The Labute approximate surface area is 272 Å². The van der Waals surface area contributed by atoms with Crippen molar-refractivity contribution in [2.24, 2.45) is 0 Å². The quantitative estimate of drug-likeness (QED) is 0.189. The van der Waals surface area contributed by atoms with Gasteiger partial charge in [-0.3, -0.25) is 0 Å². The summed E-state index contributed by atoms with van der Waals surface area (Å²) >= 11 is 1.88. The van der Waals surface area contributed by atoms with Crippen molar-refractivity contribution in [2.75, 3.05) is 4.90 Å².